The molecule has 0 aromatic carbocycles. The number of hydrogen-bond donors (Lipinski definition) is 0. The molecule has 0 aromatic rings. The lowest BCUT2D eigenvalue weighted by atomic mass is 9.60. The predicted octanol–water partition coefficient (Wildman–Crippen LogP) is 4.60. The quantitative estimate of drug-likeness (QED) is 0.417. The Hall–Kier alpha value is -0.160. The van der Waals surface area contributed by atoms with Crippen molar-refractivity contribution in [1.82, 2.24) is 0 Å². The van der Waals surface area contributed by atoms with E-state index in [1.54, 1.807) is 7.11 Å². The minimum atomic E-state index is 0.399. The first-order valence-corrected chi connectivity index (χ1v) is 10.9. The van der Waals surface area contributed by atoms with Gasteiger partial charge in [-0.15, -0.1) is 0 Å². The topological polar surface area (TPSA) is 40.2 Å². The van der Waals surface area contributed by atoms with Crippen molar-refractivity contribution in [2.45, 2.75) is 89.9 Å². The van der Waals surface area contributed by atoms with Crippen molar-refractivity contribution in [2.75, 3.05) is 33.5 Å². The average Bonchev–Trinajstić information content (AvgIpc) is 3.49. The second kappa shape index (κ2) is 9.86. The number of epoxide rings is 1. The Morgan fingerprint density at radius 2 is 1.35 bits per heavy atom. The summed E-state index contributed by atoms with van der Waals surface area (Å²) >= 11 is 0. The van der Waals surface area contributed by atoms with E-state index in [1.165, 1.54) is 51.4 Å². The van der Waals surface area contributed by atoms with Gasteiger partial charge in [0.2, 0.25) is 0 Å². The van der Waals surface area contributed by atoms with Crippen LogP contribution >= 0.6 is 0 Å². The molecule has 0 bridgehead atoms. The van der Waals surface area contributed by atoms with Gasteiger partial charge in [-0.25, -0.2) is 0 Å². The third-order valence-corrected chi connectivity index (χ3v) is 7.22. The van der Waals surface area contributed by atoms with E-state index in [1.807, 2.05) is 0 Å². The Morgan fingerprint density at radius 3 is 1.85 bits per heavy atom. The predicted molar refractivity (Wildman–Crippen MR) is 103 cm³/mol. The fraction of sp³-hybridized carbons (Fsp3) is 1.00. The summed E-state index contributed by atoms with van der Waals surface area (Å²) in [7, 11) is 1.76. The van der Waals surface area contributed by atoms with Crippen molar-refractivity contribution in [3.63, 3.8) is 0 Å². The fourth-order valence-electron chi connectivity index (χ4n) is 5.14. The van der Waals surface area contributed by atoms with Crippen molar-refractivity contribution >= 4 is 0 Å². The number of ether oxygens (including phenoxy) is 4. The minimum Gasteiger partial charge on any atom is -0.385 e. The zero-order valence-electron chi connectivity index (χ0n) is 17.2. The van der Waals surface area contributed by atoms with E-state index in [-0.39, 0.29) is 0 Å². The van der Waals surface area contributed by atoms with Gasteiger partial charge in [-0.3, -0.25) is 0 Å². The second-order valence-corrected chi connectivity index (χ2v) is 9.27. The van der Waals surface area contributed by atoms with Crippen LogP contribution < -0.4 is 0 Å². The van der Waals surface area contributed by atoms with E-state index in [9.17, 15) is 0 Å². The molecule has 1 aliphatic heterocycles. The molecule has 1 saturated heterocycles. The van der Waals surface area contributed by atoms with Gasteiger partial charge in [0.1, 0.15) is 6.10 Å². The van der Waals surface area contributed by atoms with Crippen LogP contribution in [-0.2, 0) is 18.9 Å². The summed E-state index contributed by atoms with van der Waals surface area (Å²) in [6, 6.07) is 0. The average molecular weight is 369 g/mol. The molecule has 1 heterocycles. The van der Waals surface area contributed by atoms with Gasteiger partial charge >= 0.3 is 0 Å². The first-order valence-electron chi connectivity index (χ1n) is 10.9. The molecule has 26 heavy (non-hydrogen) atoms. The number of methoxy groups -OCH3 is 1. The van der Waals surface area contributed by atoms with Crippen molar-refractivity contribution in [3.05, 3.63) is 0 Å². The van der Waals surface area contributed by atoms with Crippen molar-refractivity contribution in [2.24, 2.45) is 17.3 Å². The zero-order chi connectivity index (χ0) is 18.4. The highest BCUT2D eigenvalue weighted by Gasteiger charge is 2.40. The van der Waals surface area contributed by atoms with E-state index >= 15 is 0 Å². The Labute approximate surface area is 160 Å². The lowest BCUT2D eigenvalue weighted by Gasteiger charge is -2.46. The van der Waals surface area contributed by atoms with Gasteiger partial charge in [0.15, 0.2) is 0 Å². The lowest BCUT2D eigenvalue weighted by molar-refractivity contribution is -0.0386. The third-order valence-electron chi connectivity index (χ3n) is 7.22. The summed E-state index contributed by atoms with van der Waals surface area (Å²) in [6.07, 6.45) is 12.6. The molecule has 2 saturated carbocycles. The minimum absolute atomic E-state index is 0.399. The van der Waals surface area contributed by atoms with E-state index in [2.05, 4.69) is 13.8 Å². The summed E-state index contributed by atoms with van der Waals surface area (Å²) in [4.78, 5) is 0. The van der Waals surface area contributed by atoms with Crippen LogP contribution in [-0.4, -0.2) is 51.8 Å². The smallest absolute Gasteiger partial charge is 0.104 e. The van der Waals surface area contributed by atoms with Crippen molar-refractivity contribution in [1.29, 1.82) is 0 Å². The largest absolute Gasteiger partial charge is 0.385 e. The van der Waals surface area contributed by atoms with E-state index in [0.717, 1.165) is 44.7 Å². The molecule has 3 fully saturated rings. The highest BCUT2D eigenvalue weighted by Crippen LogP contribution is 2.48. The molecule has 1 atom stereocenters. The molecule has 152 valence electrons. The molecular weight excluding hydrogens is 328 g/mol. The van der Waals surface area contributed by atoms with Crippen LogP contribution in [0.15, 0.2) is 0 Å². The molecule has 0 aromatic heterocycles. The fourth-order valence-corrected chi connectivity index (χ4v) is 5.14. The van der Waals surface area contributed by atoms with Crippen LogP contribution in [0.25, 0.3) is 0 Å². The van der Waals surface area contributed by atoms with Gasteiger partial charge in [0, 0.05) is 20.3 Å². The Balaban J connectivity index is 1.35. The van der Waals surface area contributed by atoms with Gasteiger partial charge in [0.05, 0.1) is 25.4 Å². The monoisotopic (exact) mass is 368 g/mol. The molecule has 3 aliphatic rings. The van der Waals surface area contributed by atoms with Gasteiger partial charge < -0.3 is 18.9 Å². The van der Waals surface area contributed by atoms with Crippen LogP contribution in [0.4, 0.5) is 0 Å². The molecule has 0 spiro atoms. The highest BCUT2D eigenvalue weighted by atomic mass is 16.6. The summed E-state index contributed by atoms with van der Waals surface area (Å²) in [5.41, 5.74) is 0.450. The summed E-state index contributed by atoms with van der Waals surface area (Å²) < 4.78 is 22.4. The third kappa shape index (κ3) is 5.92. The second-order valence-electron chi connectivity index (χ2n) is 9.27. The Bertz CT molecular complexity index is 391. The molecular formula is C22H40O4. The van der Waals surface area contributed by atoms with Crippen LogP contribution in [0.3, 0.4) is 0 Å². The molecule has 0 N–H and O–H groups in total. The van der Waals surface area contributed by atoms with E-state index < -0.39 is 0 Å². The number of rotatable bonds is 10. The maximum Gasteiger partial charge on any atom is 0.104 e. The van der Waals surface area contributed by atoms with Crippen molar-refractivity contribution < 1.29 is 18.9 Å². The maximum atomic E-state index is 6.05. The van der Waals surface area contributed by atoms with Gasteiger partial charge in [-0.2, -0.15) is 0 Å². The summed E-state index contributed by atoms with van der Waals surface area (Å²) in [5, 5.41) is 0. The van der Waals surface area contributed by atoms with Gasteiger partial charge in [-0.05, 0) is 75.0 Å². The summed E-state index contributed by atoms with van der Waals surface area (Å²) in [5.74, 6) is 1.70. The number of hydrogen-bond acceptors (Lipinski definition) is 4. The van der Waals surface area contributed by atoms with Crippen LogP contribution in [0.2, 0.25) is 0 Å². The van der Waals surface area contributed by atoms with Gasteiger partial charge in [-0.1, -0.05) is 13.8 Å². The first-order chi connectivity index (χ1) is 12.6. The van der Waals surface area contributed by atoms with E-state index in [0.29, 0.717) is 23.7 Å². The van der Waals surface area contributed by atoms with Gasteiger partial charge in [0.25, 0.3) is 0 Å². The standard InChI is InChI=1S/C22H40O4/c1-22(2,17-5-9-19(10-6-17)24-14-4-13-23-3)18-7-11-20(12-8-18)25-15-21-16-26-21/h17-21H,4-16H2,1-3H3. The van der Waals surface area contributed by atoms with E-state index in [4.69, 9.17) is 18.9 Å². The first kappa shape index (κ1) is 20.6. The highest BCUT2D eigenvalue weighted by molar-refractivity contribution is 4.91. The molecule has 2 aliphatic carbocycles. The Kier molecular flexibility index (Phi) is 7.80. The van der Waals surface area contributed by atoms with Crippen LogP contribution in [0.1, 0.15) is 71.6 Å². The summed E-state index contributed by atoms with van der Waals surface area (Å²) in [6.45, 7) is 8.43. The molecule has 0 radical (unpaired) electrons. The molecule has 1 unspecified atom stereocenters. The molecule has 4 nitrogen and oxygen atoms in total. The zero-order valence-corrected chi connectivity index (χ0v) is 17.2. The Morgan fingerprint density at radius 1 is 0.808 bits per heavy atom. The molecule has 0 amide bonds. The van der Waals surface area contributed by atoms with Crippen LogP contribution in [0.5, 0.6) is 0 Å². The lowest BCUT2D eigenvalue weighted by Crippen LogP contribution is -2.39. The van der Waals surface area contributed by atoms with Crippen LogP contribution in [0, 0.1) is 17.3 Å². The molecule has 3 rings (SSSR count). The normalized spacial score (nSPS) is 35.4. The molecule has 4 heteroatoms. The SMILES string of the molecule is COCCCOC1CCC(C(C)(C)C2CCC(OCC3CO3)CC2)CC1. The van der Waals surface area contributed by atoms with Crippen molar-refractivity contribution in [3.8, 4) is 0 Å². The maximum absolute atomic E-state index is 6.05.